The summed E-state index contributed by atoms with van der Waals surface area (Å²) >= 11 is 0. The van der Waals surface area contributed by atoms with Crippen molar-refractivity contribution in [3.8, 4) is 0 Å². The third kappa shape index (κ3) is 9.19. The summed E-state index contributed by atoms with van der Waals surface area (Å²) in [4.78, 5) is 8.07. The van der Waals surface area contributed by atoms with Crippen molar-refractivity contribution in [1.29, 1.82) is 0 Å². The normalized spacial score (nSPS) is 8.80. The lowest BCUT2D eigenvalue weighted by Crippen LogP contribution is -2.05. The minimum atomic E-state index is 0.848. The first-order chi connectivity index (χ1) is 9.86. The molecule has 0 amide bonds. The molecule has 2 aromatic rings. The third-order valence-corrected chi connectivity index (χ3v) is 2.19. The highest BCUT2D eigenvalue weighted by molar-refractivity contribution is 5.07. The summed E-state index contributed by atoms with van der Waals surface area (Å²) in [5.41, 5.74) is 2.31. The second kappa shape index (κ2) is 13.6. The fourth-order valence-electron chi connectivity index (χ4n) is 1.39. The Morgan fingerprint density at radius 3 is 2.15 bits per heavy atom. The summed E-state index contributed by atoms with van der Waals surface area (Å²) in [6.45, 7) is 5.74. The van der Waals surface area contributed by atoms with Gasteiger partial charge in [-0.15, -0.1) is 0 Å². The van der Waals surface area contributed by atoms with Crippen molar-refractivity contribution >= 4 is 0 Å². The number of nitrogens with zero attached hydrogens (tertiary/aromatic N) is 2. The van der Waals surface area contributed by atoms with E-state index in [0.29, 0.717) is 0 Å². The van der Waals surface area contributed by atoms with Gasteiger partial charge < -0.3 is 10.6 Å². The standard InChI is InChI=1S/2C7H10N2.C2H6/c1-8-5-7-3-2-4-9-6-7;1-8-6-7-4-2-3-5-9-7;1-2/h2-4,6,8H,5H2,1H3;2-5,8H,6H2,1H3;1-2H3. The Morgan fingerprint density at radius 1 is 0.900 bits per heavy atom. The van der Waals surface area contributed by atoms with Crippen LogP contribution < -0.4 is 10.6 Å². The summed E-state index contributed by atoms with van der Waals surface area (Å²) in [6, 6.07) is 9.88. The zero-order chi connectivity index (χ0) is 15.1. The molecule has 0 spiro atoms. The van der Waals surface area contributed by atoms with E-state index < -0.39 is 0 Å². The largest absolute Gasteiger partial charge is 0.316 e. The Bertz CT molecular complexity index is 362. The highest BCUT2D eigenvalue weighted by Crippen LogP contribution is 1.92. The zero-order valence-corrected chi connectivity index (χ0v) is 12.9. The minimum Gasteiger partial charge on any atom is -0.316 e. The van der Waals surface area contributed by atoms with Crippen LogP contribution in [0.3, 0.4) is 0 Å². The molecule has 0 atom stereocenters. The molecule has 4 nitrogen and oxygen atoms in total. The summed E-state index contributed by atoms with van der Waals surface area (Å²) < 4.78 is 0. The van der Waals surface area contributed by atoms with E-state index in [-0.39, 0.29) is 0 Å². The fraction of sp³-hybridized carbons (Fsp3) is 0.375. The molecule has 110 valence electrons. The van der Waals surface area contributed by atoms with Crippen LogP contribution in [0.2, 0.25) is 0 Å². The van der Waals surface area contributed by atoms with E-state index in [4.69, 9.17) is 0 Å². The van der Waals surface area contributed by atoms with E-state index in [1.165, 1.54) is 5.56 Å². The average molecular weight is 274 g/mol. The highest BCUT2D eigenvalue weighted by Gasteiger charge is 1.85. The summed E-state index contributed by atoms with van der Waals surface area (Å²) in [6.07, 6.45) is 5.43. The highest BCUT2D eigenvalue weighted by atomic mass is 14.8. The van der Waals surface area contributed by atoms with E-state index in [2.05, 4.69) is 20.6 Å². The van der Waals surface area contributed by atoms with E-state index in [1.807, 2.05) is 64.5 Å². The number of hydrogen-bond donors (Lipinski definition) is 2. The van der Waals surface area contributed by atoms with E-state index in [0.717, 1.165) is 18.8 Å². The number of pyridine rings is 2. The Balaban J connectivity index is 0.000000321. The summed E-state index contributed by atoms with van der Waals surface area (Å²) in [5.74, 6) is 0. The van der Waals surface area contributed by atoms with Crippen LogP contribution in [0.4, 0.5) is 0 Å². The van der Waals surface area contributed by atoms with Gasteiger partial charge in [-0.2, -0.15) is 0 Å². The smallest absolute Gasteiger partial charge is 0.0541 e. The Morgan fingerprint density at radius 2 is 1.65 bits per heavy atom. The molecule has 0 aliphatic heterocycles. The number of rotatable bonds is 4. The molecule has 2 rings (SSSR count). The van der Waals surface area contributed by atoms with Crippen LogP contribution in [0.15, 0.2) is 48.9 Å². The van der Waals surface area contributed by atoms with Crippen molar-refractivity contribution < 1.29 is 0 Å². The molecule has 2 heterocycles. The van der Waals surface area contributed by atoms with Gasteiger partial charge in [-0.1, -0.05) is 26.0 Å². The molecule has 0 bridgehead atoms. The van der Waals surface area contributed by atoms with Crippen molar-refractivity contribution in [2.24, 2.45) is 0 Å². The SMILES string of the molecule is CC.CNCc1ccccn1.CNCc1cccnc1. The van der Waals surface area contributed by atoms with Gasteiger partial charge in [-0.3, -0.25) is 9.97 Å². The number of hydrogen-bond acceptors (Lipinski definition) is 4. The Labute approximate surface area is 122 Å². The molecule has 0 aromatic carbocycles. The average Bonchev–Trinajstić information content (AvgIpc) is 2.53. The molecule has 4 heteroatoms. The summed E-state index contributed by atoms with van der Waals surface area (Å²) in [7, 11) is 3.84. The number of nitrogens with one attached hydrogen (secondary N) is 2. The van der Waals surface area contributed by atoms with Crippen molar-refractivity contribution in [2.75, 3.05) is 14.1 Å². The van der Waals surface area contributed by atoms with E-state index in [1.54, 1.807) is 12.4 Å². The van der Waals surface area contributed by atoms with Gasteiger partial charge in [0, 0.05) is 31.7 Å². The Kier molecular flexibility index (Phi) is 12.4. The first kappa shape index (κ1) is 18.2. The minimum absolute atomic E-state index is 0.848. The van der Waals surface area contributed by atoms with Crippen LogP contribution in [0, 0.1) is 0 Å². The lowest BCUT2D eigenvalue weighted by atomic mass is 10.3. The molecule has 0 fully saturated rings. The molecule has 0 radical (unpaired) electrons. The maximum absolute atomic E-state index is 4.11. The first-order valence-electron chi connectivity index (χ1n) is 6.95. The van der Waals surface area contributed by atoms with Gasteiger partial charge in [-0.05, 0) is 37.9 Å². The molecule has 0 saturated carbocycles. The van der Waals surface area contributed by atoms with Crippen LogP contribution in [0.25, 0.3) is 0 Å². The second-order valence-corrected chi connectivity index (χ2v) is 3.74. The molecule has 2 N–H and O–H groups in total. The van der Waals surface area contributed by atoms with Gasteiger partial charge in [0.1, 0.15) is 0 Å². The van der Waals surface area contributed by atoms with Gasteiger partial charge in [0.2, 0.25) is 0 Å². The Hall–Kier alpha value is -1.78. The molecular formula is C16H26N4. The van der Waals surface area contributed by atoms with Crippen molar-refractivity contribution in [2.45, 2.75) is 26.9 Å². The van der Waals surface area contributed by atoms with Crippen molar-refractivity contribution in [1.82, 2.24) is 20.6 Å². The molecular weight excluding hydrogens is 248 g/mol. The van der Waals surface area contributed by atoms with E-state index in [9.17, 15) is 0 Å². The van der Waals surface area contributed by atoms with Crippen LogP contribution >= 0.6 is 0 Å². The van der Waals surface area contributed by atoms with Gasteiger partial charge in [0.15, 0.2) is 0 Å². The monoisotopic (exact) mass is 274 g/mol. The molecule has 0 aliphatic carbocycles. The predicted octanol–water partition coefficient (Wildman–Crippen LogP) is 2.63. The lowest BCUT2D eigenvalue weighted by Gasteiger charge is -1.95. The maximum atomic E-state index is 4.11. The molecule has 0 unspecified atom stereocenters. The predicted molar refractivity (Wildman–Crippen MR) is 85.3 cm³/mol. The molecule has 20 heavy (non-hydrogen) atoms. The zero-order valence-electron chi connectivity index (χ0n) is 12.9. The molecule has 2 aromatic heterocycles. The third-order valence-electron chi connectivity index (χ3n) is 2.19. The van der Waals surface area contributed by atoms with Crippen LogP contribution in [-0.2, 0) is 13.1 Å². The van der Waals surface area contributed by atoms with Crippen molar-refractivity contribution in [3.63, 3.8) is 0 Å². The lowest BCUT2D eigenvalue weighted by molar-refractivity contribution is 0.791. The fourth-order valence-corrected chi connectivity index (χ4v) is 1.39. The van der Waals surface area contributed by atoms with Gasteiger partial charge in [-0.25, -0.2) is 0 Å². The van der Waals surface area contributed by atoms with Gasteiger partial charge in [0.25, 0.3) is 0 Å². The first-order valence-corrected chi connectivity index (χ1v) is 6.95. The topological polar surface area (TPSA) is 49.8 Å². The molecule has 0 saturated heterocycles. The summed E-state index contributed by atoms with van der Waals surface area (Å²) in [5, 5.41) is 6.07. The quantitative estimate of drug-likeness (QED) is 0.900. The van der Waals surface area contributed by atoms with Gasteiger partial charge in [0.05, 0.1) is 5.69 Å². The van der Waals surface area contributed by atoms with Crippen molar-refractivity contribution in [3.05, 3.63) is 60.2 Å². The van der Waals surface area contributed by atoms with Crippen LogP contribution in [0.1, 0.15) is 25.1 Å². The van der Waals surface area contributed by atoms with Gasteiger partial charge >= 0.3 is 0 Å². The van der Waals surface area contributed by atoms with Crippen LogP contribution in [0.5, 0.6) is 0 Å². The van der Waals surface area contributed by atoms with Crippen LogP contribution in [-0.4, -0.2) is 24.1 Å². The van der Waals surface area contributed by atoms with E-state index >= 15 is 0 Å². The molecule has 0 aliphatic rings. The number of aromatic nitrogens is 2. The second-order valence-electron chi connectivity index (χ2n) is 3.74. The maximum Gasteiger partial charge on any atom is 0.0541 e.